The van der Waals surface area contributed by atoms with Crippen LogP contribution in [-0.4, -0.2) is 12.2 Å². The van der Waals surface area contributed by atoms with Crippen LogP contribution in [-0.2, 0) is 4.74 Å². The van der Waals surface area contributed by atoms with Crippen LogP contribution >= 0.6 is 0 Å². The maximum absolute atomic E-state index is 13.5. The SMILES string of the molecule is CCOC1(C(NN)c2ccc(F)c(F)c2)CCCC(C)C1. The van der Waals surface area contributed by atoms with Gasteiger partial charge in [0.05, 0.1) is 11.6 Å². The zero-order valence-electron chi connectivity index (χ0n) is 12.7. The highest BCUT2D eigenvalue weighted by molar-refractivity contribution is 5.24. The molecule has 0 heterocycles. The number of hydrogen-bond acceptors (Lipinski definition) is 3. The fraction of sp³-hybridized carbons (Fsp3) is 0.625. The third-order valence-corrected chi connectivity index (χ3v) is 4.39. The van der Waals surface area contributed by atoms with Gasteiger partial charge in [-0.2, -0.15) is 0 Å². The molecule has 118 valence electrons. The van der Waals surface area contributed by atoms with E-state index in [2.05, 4.69) is 12.3 Å². The van der Waals surface area contributed by atoms with Crippen LogP contribution in [0.5, 0.6) is 0 Å². The molecule has 0 saturated heterocycles. The molecule has 5 heteroatoms. The van der Waals surface area contributed by atoms with E-state index in [1.54, 1.807) is 6.07 Å². The number of rotatable bonds is 5. The Labute approximate surface area is 124 Å². The molecule has 3 N–H and O–H groups in total. The van der Waals surface area contributed by atoms with Crippen molar-refractivity contribution in [3.05, 3.63) is 35.4 Å². The Kier molecular flexibility index (Phi) is 5.30. The Morgan fingerprint density at radius 2 is 2.19 bits per heavy atom. The summed E-state index contributed by atoms with van der Waals surface area (Å²) >= 11 is 0. The first-order valence-corrected chi connectivity index (χ1v) is 7.57. The fourth-order valence-electron chi connectivity index (χ4n) is 3.55. The van der Waals surface area contributed by atoms with Gasteiger partial charge in [-0.15, -0.1) is 0 Å². The monoisotopic (exact) mass is 298 g/mol. The molecule has 3 nitrogen and oxygen atoms in total. The van der Waals surface area contributed by atoms with Gasteiger partial charge in [-0.05, 0) is 43.4 Å². The fourth-order valence-corrected chi connectivity index (χ4v) is 3.55. The van der Waals surface area contributed by atoms with E-state index in [1.165, 1.54) is 6.07 Å². The molecule has 1 aromatic rings. The molecular weight excluding hydrogens is 274 g/mol. The van der Waals surface area contributed by atoms with Crippen LogP contribution < -0.4 is 11.3 Å². The average molecular weight is 298 g/mol. The van der Waals surface area contributed by atoms with Crippen LogP contribution in [0.15, 0.2) is 18.2 Å². The summed E-state index contributed by atoms with van der Waals surface area (Å²) in [5.74, 6) is 4.55. The quantitative estimate of drug-likeness (QED) is 0.646. The number of hydrogen-bond donors (Lipinski definition) is 2. The smallest absolute Gasteiger partial charge is 0.159 e. The highest BCUT2D eigenvalue weighted by atomic mass is 19.2. The summed E-state index contributed by atoms with van der Waals surface area (Å²) in [6.07, 6.45) is 3.92. The van der Waals surface area contributed by atoms with Gasteiger partial charge in [0.1, 0.15) is 0 Å². The van der Waals surface area contributed by atoms with Gasteiger partial charge in [0.15, 0.2) is 11.6 Å². The van der Waals surface area contributed by atoms with Gasteiger partial charge >= 0.3 is 0 Å². The number of nitrogens with one attached hydrogen (secondary N) is 1. The number of halogens is 2. The van der Waals surface area contributed by atoms with Crippen LogP contribution in [0.25, 0.3) is 0 Å². The van der Waals surface area contributed by atoms with E-state index in [4.69, 9.17) is 10.6 Å². The van der Waals surface area contributed by atoms with Crippen LogP contribution in [0.1, 0.15) is 51.1 Å². The van der Waals surface area contributed by atoms with Crippen molar-refractivity contribution in [2.45, 2.75) is 51.2 Å². The third-order valence-electron chi connectivity index (χ3n) is 4.39. The normalized spacial score (nSPS) is 27.6. The summed E-state index contributed by atoms with van der Waals surface area (Å²) in [7, 11) is 0. The second-order valence-corrected chi connectivity index (χ2v) is 5.97. The lowest BCUT2D eigenvalue weighted by Gasteiger charge is -2.45. The summed E-state index contributed by atoms with van der Waals surface area (Å²) in [5, 5.41) is 0. The molecule has 0 bridgehead atoms. The molecule has 0 aromatic heterocycles. The summed E-state index contributed by atoms with van der Waals surface area (Å²) in [6, 6.07) is 3.57. The van der Waals surface area contributed by atoms with E-state index < -0.39 is 17.2 Å². The Hall–Kier alpha value is -1.04. The Morgan fingerprint density at radius 3 is 2.76 bits per heavy atom. The predicted octanol–water partition coefficient (Wildman–Crippen LogP) is 3.45. The lowest BCUT2D eigenvalue weighted by Crippen LogP contribution is -2.51. The molecule has 1 aliphatic rings. The van der Waals surface area contributed by atoms with Crippen molar-refractivity contribution in [1.29, 1.82) is 0 Å². The van der Waals surface area contributed by atoms with E-state index in [0.717, 1.165) is 31.7 Å². The second kappa shape index (κ2) is 6.81. The molecular formula is C16H24F2N2O. The molecule has 3 atom stereocenters. The molecule has 0 aliphatic heterocycles. The number of hydrazine groups is 1. The molecule has 1 aromatic carbocycles. The minimum atomic E-state index is -0.858. The van der Waals surface area contributed by atoms with Gasteiger partial charge in [0.2, 0.25) is 0 Å². The number of ether oxygens (including phenoxy) is 1. The van der Waals surface area contributed by atoms with Gasteiger partial charge in [-0.3, -0.25) is 11.3 Å². The van der Waals surface area contributed by atoms with Gasteiger partial charge in [-0.25, -0.2) is 8.78 Å². The summed E-state index contributed by atoms with van der Waals surface area (Å²) < 4.78 is 32.8. The summed E-state index contributed by atoms with van der Waals surface area (Å²) in [6.45, 7) is 4.69. The molecule has 3 unspecified atom stereocenters. The van der Waals surface area contributed by atoms with E-state index >= 15 is 0 Å². The summed E-state index contributed by atoms with van der Waals surface area (Å²) in [5.41, 5.74) is 2.92. The van der Waals surface area contributed by atoms with Crippen LogP contribution in [0.3, 0.4) is 0 Å². The van der Waals surface area contributed by atoms with E-state index in [1.807, 2.05) is 6.92 Å². The van der Waals surface area contributed by atoms with E-state index in [-0.39, 0.29) is 6.04 Å². The highest BCUT2D eigenvalue weighted by Crippen LogP contribution is 2.43. The zero-order valence-corrected chi connectivity index (χ0v) is 12.7. The average Bonchev–Trinajstić information content (AvgIpc) is 2.44. The largest absolute Gasteiger partial charge is 0.373 e. The maximum Gasteiger partial charge on any atom is 0.159 e. The van der Waals surface area contributed by atoms with Crippen molar-refractivity contribution >= 4 is 0 Å². The lowest BCUT2D eigenvalue weighted by molar-refractivity contribution is -0.102. The van der Waals surface area contributed by atoms with Crippen molar-refractivity contribution in [2.75, 3.05) is 6.61 Å². The number of benzene rings is 1. The molecule has 21 heavy (non-hydrogen) atoms. The molecule has 1 saturated carbocycles. The molecule has 0 radical (unpaired) electrons. The van der Waals surface area contributed by atoms with Crippen molar-refractivity contribution in [3.8, 4) is 0 Å². The first kappa shape index (κ1) is 16.3. The molecule has 2 rings (SSSR count). The molecule has 1 fully saturated rings. The highest BCUT2D eigenvalue weighted by Gasteiger charge is 2.43. The lowest BCUT2D eigenvalue weighted by atomic mass is 9.73. The van der Waals surface area contributed by atoms with E-state index in [9.17, 15) is 8.78 Å². The molecule has 1 aliphatic carbocycles. The van der Waals surface area contributed by atoms with Crippen LogP contribution in [0.4, 0.5) is 8.78 Å². The van der Waals surface area contributed by atoms with Crippen molar-refractivity contribution in [2.24, 2.45) is 11.8 Å². The Bertz CT molecular complexity index is 479. The van der Waals surface area contributed by atoms with Crippen molar-refractivity contribution < 1.29 is 13.5 Å². The molecule has 0 amide bonds. The summed E-state index contributed by atoms with van der Waals surface area (Å²) in [4.78, 5) is 0. The maximum atomic E-state index is 13.5. The second-order valence-electron chi connectivity index (χ2n) is 5.97. The topological polar surface area (TPSA) is 47.3 Å². The first-order valence-electron chi connectivity index (χ1n) is 7.57. The van der Waals surface area contributed by atoms with Gasteiger partial charge in [-0.1, -0.05) is 25.8 Å². The minimum Gasteiger partial charge on any atom is -0.373 e. The minimum absolute atomic E-state index is 0.352. The van der Waals surface area contributed by atoms with Crippen molar-refractivity contribution in [3.63, 3.8) is 0 Å². The van der Waals surface area contributed by atoms with Crippen LogP contribution in [0.2, 0.25) is 0 Å². The van der Waals surface area contributed by atoms with Gasteiger partial charge in [0.25, 0.3) is 0 Å². The predicted molar refractivity (Wildman–Crippen MR) is 78.4 cm³/mol. The zero-order chi connectivity index (χ0) is 15.5. The van der Waals surface area contributed by atoms with Crippen molar-refractivity contribution in [1.82, 2.24) is 5.43 Å². The first-order chi connectivity index (χ1) is 10.0. The van der Waals surface area contributed by atoms with Crippen LogP contribution in [0, 0.1) is 17.6 Å². The standard InChI is InChI=1S/C16H24F2N2O/c1-3-21-16(8-4-5-11(2)10-16)15(20-19)12-6-7-13(17)14(18)9-12/h6-7,9,11,15,20H,3-5,8,10,19H2,1-2H3. The van der Waals surface area contributed by atoms with Gasteiger partial charge < -0.3 is 4.74 Å². The number of nitrogens with two attached hydrogens (primary N) is 1. The van der Waals surface area contributed by atoms with E-state index in [0.29, 0.717) is 18.1 Å². The Morgan fingerprint density at radius 1 is 1.43 bits per heavy atom. The Balaban J connectivity index is 2.37. The van der Waals surface area contributed by atoms with Gasteiger partial charge in [0, 0.05) is 6.61 Å². The third kappa shape index (κ3) is 3.42. The molecule has 0 spiro atoms.